The second kappa shape index (κ2) is 5.30. The van der Waals surface area contributed by atoms with Crippen molar-refractivity contribution in [1.29, 1.82) is 0 Å². The summed E-state index contributed by atoms with van der Waals surface area (Å²) in [7, 11) is 0. The first-order valence-electron chi connectivity index (χ1n) is 5.52. The van der Waals surface area contributed by atoms with Crippen molar-refractivity contribution in [3.8, 4) is 0 Å². The summed E-state index contributed by atoms with van der Waals surface area (Å²) in [6.45, 7) is 8.29. The van der Waals surface area contributed by atoms with E-state index in [-0.39, 0.29) is 6.10 Å². The third-order valence-electron chi connectivity index (χ3n) is 2.56. The number of fused-ring (bicyclic) bond motifs is 1. The molecule has 2 heteroatoms. The number of hydrogen-bond acceptors (Lipinski definition) is 1. The molecule has 1 aliphatic rings. The molecule has 1 N–H and O–H groups in total. The number of rotatable bonds is 0. The molecule has 1 aromatic heterocycles. The second-order valence-corrected chi connectivity index (χ2v) is 3.67. The van der Waals surface area contributed by atoms with Crippen LogP contribution in [0.25, 0.3) is 0 Å². The first-order valence-corrected chi connectivity index (χ1v) is 5.52. The van der Waals surface area contributed by atoms with Gasteiger partial charge in [-0.3, -0.25) is 0 Å². The van der Waals surface area contributed by atoms with Gasteiger partial charge in [-0.15, -0.1) is 0 Å². The molecule has 1 heterocycles. The van der Waals surface area contributed by atoms with Crippen LogP contribution in [0.1, 0.15) is 36.9 Å². The molecule has 0 spiro atoms. The molecule has 1 aliphatic carbocycles. The van der Waals surface area contributed by atoms with Gasteiger partial charge in [-0.05, 0) is 0 Å². The Morgan fingerprint density at radius 2 is 2.14 bits per heavy atom. The summed E-state index contributed by atoms with van der Waals surface area (Å²) in [5.41, 5.74) is 4.06. The van der Waals surface area contributed by atoms with Gasteiger partial charge in [0.1, 0.15) is 0 Å². The van der Waals surface area contributed by atoms with Gasteiger partial charge in [-0.25, -0.2) is 0 Å². The van der Waals surface area contributed by atoms with Gasteiger partial charge in [0.2, 0.25) is 0 Å². The number of hydrogen-bond donors (Lipinski definition) is 1. The third-order valence-corrected chi connectivity index (χ3v) is 2.56. The average Bonchev–Trinajstić information content (AvgIpc) is 2.20. The summed E-state index contributed by atoms with van der Waals surface area (Å²) in [5, 5.41) is 9.45. The van der Waals surface area contributed by atoms with Gasteiger partial charge in [-0.1, -0.05) is 13.8 Å². The molecule has 1 unspecified atom stereocenters. The Morgan fingerprint density at radius 3 is 2.86 bits per heavy atom. The van der Waals surface area contributed by atoms with Crippen molar-refractivity contribution >= 4 is 6.91 Å². The average molecular weight is 190 g/mol. The first kappa shape index (κ1) is 11.4. The molecule has 0 fully saturated rings. The molecule has 76 valence electrons. The molecule has 0 bridgehead atoms. The topological polar surface area (TPSA) is 20.2 Å². The number of aliphatic hydroxyl groups excluding tert-OH is 1. The SMILES string of the molecule is CC.Cc1cbc2c(c1)CC(O)CC2. The Balaban J connectivity index is 0.000000461. The van der Waals surface area contributed by atoms with E-state index < -0.39 is 0 Å². The van der Waals surface area contributed by atoms with E-state index in [2.05, 4.69) is 25.9 Å². The Bertz CT molecular complexity index is 296. The van der Waals surface area contributed by atoms with E-state index in [0.717, 1.165) is 19.3 Å². The fraction of sp³-hybridized carbons (Fsp3) is 0.583. The Kier molecular flexibility index (Phi) is 4.34. The zero-order valence-electron chi connectivity index (χ0n) is 9.38. The van der Waals surface area contributed by atoms with E-state index >= 15 is 0 Å². The normalized spacial score (nSPS) is 19.0. The summed E-state index contributed by atoms with van der Waals surface area (Å²) >= 11 is 0. The van der Waals surface area contributed by atoms with Crippen LogP contribution in [0, 0.1) is 6.92 Å². The van der Waals surface area contributed by atoms with Crippen molar-refractivity contribution < 1.29 is 5.11 Å². The molecule has 1 nitrogen and oxygen atoms in total. The van der Waals surface area contributed by atoms with Crippen LogP contribution in [-0.4, -0.2) is 18.1 Å². The van der Waals surface area contributed by atoms with Gasteiger partial charge in [0.25, 0.3) is 0 Å². The van der Waals surface area contributed by atoms with Crippen LogP contribution in [0.15, 0.2) is 12.0 Å². The standard InChI is InChI=1S/C10H13BO.C2H6/c1-7-4-8-5-9(12)2-3-10(8)11-6-7;1-2/h4,6,9,12H,2-3,5H2,1H3;1-2H3. The molecule has 1 aromatic rings. The Hall–Kier alpha value is -0.625. The molecule has 0 saturated carbocycles. The molecule has 0 saturated heterocycles. The van der Waals surface area contributed by atoms with Crippen molar-refractivity contribution in [2.45, 2.75) is 46.1 Å². The molecule has 0 aromatic carbocycles. The van der Waals surface area contributed by atoms with Crippen molar-refractivity contribution in [3.05, 3.63) is 28.6 Å². The fourth-order valence-electron chi connectivity index (χ4n) is 1.87. The van der Waals surface area contributed by atoms with E-state index in [1.165, 1.54) is 16.6 Å². The maximum absolute atomic E-state index is 9.45. The van der Waals surface area contributed by atoms with Crippen LogP contribution < -0.4 is 0 Å². The van der Waals surface area contributed by atoms with Gasteiger partial charge in [0, 0.05) is 0 Å². The van der Waals surface area contributed by atoms with Gasteiger partial charge in [-0.2, -0.15) is 0 Å². The Morgan fingerprint density at radius 1 is 1.43 bits per heavy atom. The monoisotopic (exact) mass is 190 g/mol. The third kappa shape index (κ3) is 2.68. The fourth-order valence-corrected chi connectivity index (χ4v) is 1.87. The summed E-state index contributed by atoms with van der Waals surface area (Å²) in [6.07, 6.45) is 2.70. The maximum atomic E-state index is 9.45. The predicted octanol–water partition coefficient (Wildman–Crippen LogP) is 2.21. The summed E-state index contributed by atoms with van der Waals surface area (Å²) in [5.74, 6) is 2.15. The van der Waals surface area contributed by atoms with Crippen molar-refractivity contribution in [1.82, 2.24) is 0 Å². The molecule has 14 heavy (non-hydrogen) atoms. The van der Waals surface area contributed by atoms with Gasteiger partial charge in [0.05, 0.1) is 0 Å². The molecule has 0 aliphatic heterocycles. The number of aliphatic hydroxyl groups is 1. The number of aryl methyl sites for hydroxylation is 2. The minimum atomic E-state index is -0.112. The summed E-state index contributed by atoms with van der Waals surface area (Å²) in [4.78, 5) is 0. The van der Waals surface area contributed by atoms with Crippen molar-refractivity contribution in [2.24, 2.45) is 0 Å². The van der Waals surface area contributed by atoms with E-state index in [1.807, 2.05) is 13.8 Å². The molecule has 0 radical (unpaired) electrons. The van der Waals surface area contributed by atoms with Crippen molar-refractivity contribution in [3.63, 3.8) is 0 Å². The molecule has 2 rings (SSSR count). The van der Waals surface area contributed by atoms with E-state index in [4.69, 9.17) is 0 Å². The molecular weight excluding hydrogens is 171 g/mol. The van der Waals surface area contributed by atoms with E-state index in [9.17, 15) is 5.11 Å². The first-order chi connectivity index (χ1) is 6.75. The second-order valence-electron chi connectivity index (χ2n) is 3.67. The zero-order chi connectivity index (χ0) is 10.6. The molecule has 1 atom stereocenters. The van der Waals surface area contributed by atoms with Crippen LogP contribution in [0.3, 0.4) is 0 Å². The molecule has 0 amide bonds. The quantitative estimate of drug-likeness (QED) is 0.664. The van der Waals surface area contributed by atoms with E-state index in [1.54, 1.807) is 0 Å². The summed E-state index contributed by atoms with van der Waals surface area (Å²) < 4.78 is 0. The van der Waals surface area contributed by atoms with Gasteiger partial charge in [0.15, 0.2) is 0 Å². The van der Waals surface area contributed by atoms with Crippen LogP contribution in [-0.2, 0) is 12.8 Å². The predicted molar refractivity (Wildman–Crippen MR) is 61.9 cm³/mol. The summed E-state index contributed by atoms with van der Waals surface area (Å²) in [6, 6.07) is 2.19. The Labute approximate surface area is 87.4 Å². The van der Waals surface area contributed by atoms with Crippen LogP contribution in [0.5, 0.6) is 0 Å². The van der Waals surface area contributed by atoms with E-state index in [0.29, 0.717) is 0 Å². The zero-order valence-corrected chi connectivity index (χ0v) is 9.38. The van der Waals surface area contributed by atoms with Crippen LogP contribution in [0.2, 0.25) is 0 Å². The van der Waals surface area contributed by atoms with Gasteiger partial charge < -0.3 is 0 Å². The van der Waals surface area contributed by atoms with Crippen molar-refractivity contribution in [2.75, 3.05) is 0 Å². The van der Waals surface area contributed by atoms with Gasteiger partial charge >= 0.3 is 72.9 Å². The molecular formula is C12H19BO. The minimum absolute atomic E-state index is 0.112. The van der Waals surface area contributed by atoms with Crippen LogP contribution in [0.4, 0.5) is 0 Å². The van der Waals surface area contributed by atoms with Crippen LogP contribution >= 0.6 is 0 Å².